The number of aliphatic hydroxyl groups excluding tert-OH is 1. The third-order valence-corrected chi connectivity index (χ3v) is 5.88. The SMILES string of the molecule is CCC(F)CNc1ncc(-c2ccc(N(C)CCF)cn2)c(NC2CCC(O)CC2)n1.O=C(O)C(F)(F)F. The number of aliphatic carboxylic acids is 1. The average molecular weight is 549 g/mol. The monoisotopic (exact) mass is 548 g/mol. The van der Waals surface area contributed by atoms with Gasteiger partial charge in [-0.05, 0) is 44.2 Å². The maximum atomic E-state index is 13.6. The minimum absolute atomic E-state index is 0.152. The molecule has 0 amide bonds. The minimum atomic E-state index is -5.08. The van der Waals surface area contributed by atoms with Crippen molar-refractivity contribution < 1.29 is 37.0 Å². The summed E-state index contributed by atoms with van der Waals surface area (Å²) in [4.78, 5) is 24.2. The lowest BCUT2D eigenvalue weighted by Gasteiger charge is -2.27. The lowest BCUT2D eigenvalue weighted by molar-refractivity contribution is -0.192. The third-order valence-electron chi connectivity index (χ3n) is 5.88. The number of carboxylic acid groups (broad SMARTS) is 1. The van der Waals surface area contributed by atoms with Gasteiger partial charge in [0.05, 0.1) is 29.2 Å². The van der Waals surface area contributed by atoms with E-state index in [9.17, 15) is 27.1 Å². The Labute approximate surface area is 217 Å². The molecule has 0 spiro atoms. The van der Waals surface area contributed by atoms with Crippen molar-refractivity contribution in [1.29, 1.82) is 0 Å². The van der Waals surface area contributed by atoms with E-state index in [1.165, 1.54) is 0 Å². The zero-order valence-electron chi connectivity index (χ0n) is 21.2. The van der Waals surface area contributed by atoms with Crippen LogP contribution in [0.4, 0.5) is 39.4 Å². The molecule has 0 saturated heterocycles. The average Bonchev–Trinajstić information content (AvgIpc) is 2.89. The van der Waals surface area contributed by atoms with Crippen LogP contribution in [0, 0.1) is 0 Å². The summed E-state index contributed by atoms with van der Waals surface area (Å²) in [5.74, 6) is -1.77. The van der Waals surface area contributed by atoms with Crippen molar-refractivity contribution in [2.75, 3.05) is 42.3 Å². The molecule has 0 bridgehead atoms. The maximum Gasteiger partial charge on any atom is 0.490 e. The summed E-state index contributed by atoms with van der Waals surface area (Å²) in [5.41, 5.74) is 2.26. The Morgan fingerprint density at radius 3 is 2.37 bits per heavy atom. The molecule has 2 heterocycles. The standard InChI is InChI=1S/C22H32F2N6O.C2HF3O2/c1-3-15(24)12-26-22-27-14-19(20-9-6-17(13-25-20)30(2)11-10-23)21(29-22)28-16-4-7-18(31)8-5-16;3-2(4,5)1(6)7/h6,9,13-16,18,31H,3-5,7-8,10-12H2,1-2H3,(H2,26,27,28,29);(H,6,7). The summed E-state index contributed by atoms with van der Waals surface area (Å²) in [6.45, 7) is 1.82. The highest BCUT2D eigenvalue weighted by Gasteiger charge is 2.38. The number of hydrogen-bond acceptors (Lipinski definition) is 8. The van der Waals surface area contributed by atoms with E-state index in [0.29, 0.717) is 30.4 Å². The number of rotatable bonds is 10. The van der Waals surface area contributed by atoms with Crippen molar-refractivity contribution in [3.8, 4) is 11.3 Å². The number of anilines is 3. The highest BCUT2D eigenvalue weighted by molar-refractivity contribution is 5.74. The fourth-order valence-corrected chi connectivity index (χ4v) is 3.55. The molecule has 1 unspecified atom stereocenters. The normalized spacial score (nSPS) is 18.1. The molecule has 1 saturated carbocycles. The van der Waals surface area contributed by atoms with E-state index in [4.69, 9.17) is 9.90 Å². The second-order valence-electron chi connectivity index (χ2n) is 8.81. The maximum absolute atomic E-state index is 13.6. The van der Waals surface area contributed by atoms with E-state index in [0.717, 1.165) is 36.9 Å². The van der Waals surface area contributed by atoms with Gasteiger partial charge in [-0.25, -0.2) is 18.6 Å². The van der Waals surface area contributed by atoms with Crippen molar-refractivity contribution in [2.24, 2.45) is 0 Å². The number of pyridine rings is 1. The Balaban J connectivity index is 0.000000638. The smallest absolute Gasteiger partial charge is 0.475 e. The van der Waals surface area contributed by atoms with Crippen LogP contribution >= 0.6 is 0 Å². The molecule has 0 aromatic carbocycles. The number of nitrogens with zero attached hydrogens (tertiary/aromatic N) is 4. The minimum Gasteiger partial charge on any atom is -0.475 e. The third kappa shape index (κ3) is 9.88. The molecule has 0 aliphatic heterocycles. The van der Waals surface area contributed by atoms with Crippen LogP contribution in [0.15, 0.2) is 24.5 Å². The molecule has 2 aromatic rings. The number of carbonyl (C=O) groups is 1. The van der Waals surface area contributed by atoms with Crippen LogP contribution < -0.4 is 15.5 Å². The van der Waals surface area contributed by atoms with E-state index >= 15 is 0 Å². The van der Waals surface area contributed by atoms with Crippen LogP contribution in [0.1, 0.15) is 39.0 Å². The summed E-state index contributed by atoms with van der Waals surface area (Å²) < 4.78 is 58.0. The second kappa shape index (κ2) is 14.6. The molecule has 2 aromatic heterocycles. The van der Waals surface area contributed by atoms with Crippen molar-refractivity contribution >= 4 is 23.4 Å². The van der Waals surface area contributed by atoms with Crippen molar-refractivity contribution in [1.82, 2.24) is 15.0 Å². The summed E-state index contributed by atoms with van der Waals surface area (Å²) >= 11 is 0. The van der Waals surface area contributed by atoms with Crippen LogP contribution in [-0.2, 0) is 4.79 Å². The van der Waals surface area contributed by atoms with Crippen molar-refractivity contribution in [2.45, 2.75) is 63.5 Å². The molecule has 1 aliphatic rings. The van der Waals surface area contributed by atoms with Crippen molar-refractivity contribution in [3.05, 3.63) is 24.5 Å². The first-order valence-electron chi connectivity index (χ1n) is 12.2. The molecule has 4 N–H and O–H groups in total. The van der Waals surface area contributed by atoms with E-state index in [2.05, 4.69) is 25.6 Å². The quantitative estimate of drug-likeness (QED) is 0.319. The number of halogens is 5. The Hall–Kier alpha value is -3.29. The Kier molecular flexibility index (Phi) is 11.9. The van der Waals surface area contributed by atoms with Gasteiger partial charge in [0.2, 0.25) is 5.95 Å². The molecule has 212 valence electrons. The van der Waals surface area contributed by atoms with Gasteiger partial charge in [0.1, 0.15) is 18.7 Å². The van der Waals surface area contributed by atoms with Crippen LogP contribution in [-0.4, -0.2) is 82.4 Å². The van der Waals surface area contributed by atoms with Crippen molar-refractivity contribution in [3.63, 3.8) is 0 Å². The van der Waals surface area contributed by atoms with Gasteiger partial charge in [0.25, 0.3) is 0 Å². The molecule has 14 heteroatoms. The molecular formula is C24H33F5N6O3. The summed E-state index contributed by atoms with van der Waals surface area (Å²) in [7, 11) is 1.82. The molecule has 9 nitrogen and oxygen atoms in total. The van der Waals surface area contributed by atoms with E-state index < -0.39 is 25.0 Å². The largest absolute Gasteiger partial charge is 0.490 e. The van der Waals surface area contributed by atoms with Gasteiger partial charge in [-0.15, -0.1) is 0 Å². The summed E-state index contributed by atoms with van der Waals surface area (Å²) in [5, 5.41) is 23.3. The summed E-state index contributed by atoms with van der Waals surface area (Å²) in [6.07, 6.45) is 0.698. The zero-order chi connectivity index (χ0) is 28.3. The van der Waals surface area contributed by atoms with Gasteiger partial charge >= 0.3 is 12.1 Å². The van der Waals surface area contributed by atoms with Gasteiger partial charge < -0.3 is 25.7 Å². The molecule has 1 aliphatic carbocycles. The molecule has 1 atom stereocenters. The van der Waals surface area contributed by atoms with Gasteiger partial charge in [-0.2, -0.15) is 18.2 Å². The van der Waals surface area contributed by atoms with E-state index in [1.54, 1.807) is 24.2 Å². The molecule has 1 fully saturated rings. The second-order valence-corrected chi connectivity index (χ2v) is 8.81. The number of hydrogen-bond donors (Lipinski definition) is 4. The van der Waals surface area contributed by atoms with Gasteiger partial charge in [-0.1, -0.05) is 6.92 Å². The number of alkyl halides is 5. The van der Waals surface area contributed by atoms with E-state index in [-0.39, 0.29) is 18.7 Å². The lowest BCUT2D eigenvalue weighted by Crippen LogP contribution is -2.29. The Bertz CT molecular complexity index is 1000. The fourth-order valence-electron chi connectivity index (χ4n) is 3.55. The molecule has 38 heavy (non-hydrogen) atoms. The van der Waals surface area contributed by atoms with E-state index in [1.807, 2.05) is 19.2 Å². The zero-order valence-corrected chi connectivity index (χ0v) is 21.2. The van der Waals surface area contributed by atoms with Crippen LogP contribution in [0.2, 0.25) is 0 Å². The lowest BCUT2D eigenvalue weighted by atomic mass is 9.93. The topological polar surface area (TPSA) is 124 Å². The van der Waals surface area contributed by atoms with Gasteiger partial charge in [0.15, 0.2) is 0 Å². The number of carboxylic acids is 1. The molecular weight excluding hydrogens is 515 g/mol. The Morgan fingerprint density at radius 2 is 1.84 bits per heavy atom. The first kappa shape index (κ1) is 30.9. The summed E-state index contributed by atoms with van der Waals surface area (Å²) in [6, 6.07) is 3.93. The fraction of sp³-hybridized carbons (Fsp3) is 0.583. The highest BCUT2D eigenvalue weighted by Crippen LogP contribution is 2.29. The first-order chi connectivity index (χ1) is 17.9. The molecule has 3 rings (SSSR count). The van der Waals surface area contributed by atoms with Crippen LogP contribution in [0.5, 0.6) is 0 Å². The number of nitrogens with one attached hydrogen (secondary N) is 2. The van der Waals surface area contributed by atoms with Crippen LogP contribution in [0.25, 0.3) is 11.3 Å². The van der Waals surface area contributed by atoms with Gasteiger partial charge in [0, 0.05) is 32.4 Å². The highest BCUT2D eigenvalue weighted by atomic mass is 19.4. The Morgan fingerprint density at radius 1 is 1.18 bits per heavy atom. The number of aliphatic hydroxyl groups is 1. The molecule has 0 radical (unpaired) electrons. The number of aromatic nitrogens is 3. The van der Waals surface area contributed by atoms with Gasteiger partial charge in [-0.3, -0.25) is 4.98 Å². The van der Waals surface area contributed by atoms with Crippen LogP contribution in [0.3, 0.4) is 0 Å². The first-order valence-corrected chi connectivity index (χ1v) is 12.2. The predicted octanol–water partition coefficient (Wildman–Crippen LogP) is 4.45. The predicted molar refractivity (Wildman–Crippen MR) is 134 cm³/mol.